The third kappa shape index (κ3) is 5.62. The monoisotopic (exact) mass is 424 g/mol. The highest BCUT2D eigenvalue weighted by Gasteiger charge is 2.30. The van der Waals surface area contributed by atoms with Gasteiger partial charge >= 0.3 is 0 Å². The number of anilines is 1. The Hall–Kier alpha value is -2.25. The fraction of sp³-hybridized carbons (Fsp3) is 0.350. The number of benzene rings is 2. The smallest absolute Gasteiger partial charge is 0.243 e. The highest BCUT2D eigenvalue weighted by Crippen LogP contribution is 2.26. The van der Waals surface area contributed by atoms with Gasteiger partial charge in [0, 0.05) is 0 Å². The number of hydrogen-bond acceptors (Lipinski definition) is 4. The maximum absolute atomic E-state index is 12.6. The van der Waals surface area contributed by atoms with E-state index in [1.807, 2.05) is 26.0 Å². The Morgan fingerprint density at radius 2 is 1.89 bits per heavy atom. The van der Waals surface area contributed by atoms with E-state index in [0.717, 1.165) is 21.7 Å². The zero-order valence-corrected chi connectivity index (χ0v) is 18.0. The number of amides is 1. The minimum Gasteiger partial charge on any atom is -0.490 e. The van der Waals surface area contributed by atoms with Crippen LogP contribution in [0.2, 0.25) is 5.02 Å². The SMILES string of the molecule is Cc1ccc(C)c(N([C@H](C)C(=O)NCCOc2ccccc2Cl)S(C)(=O)=O)c1. The molecule has 1 amide bonds. The van der Waals surface area contributed by atoms with Gasteiger partial charge in [-0.25, -0.2) is 8.42 Å². The molecule has 0 saturated carbocycles. The molecule has 0 fully saturated rings. The molecule has 0 bridgehead atoms. The average molecular weight is 425 g/mol. The molecule has 0 radical (unpaired) electrons. The van der Waals surface area contributed by atoms with E-state index in [4.69, 9.17) is 16.3 Å². The van der Waals surface area contributed by atoms with E-state index in [0.29, 0.717) is 16.5 Å². The van der Waals surface area contributed by atoms with Crippen LogP contribution in [0.25, 0.3) is 0 Å². The number of halogens is 1. The van der Waals surface area contributed by atoms with Gasteiger partial charge in [0.2, 0.25) is 15.9 Å². The first kappa shape index (κ1) is 22.0. The molecule has 0 aliphatic rings. The number of aryl methyl sites for hydroxylation is 2. The van der Waals surface area contributed by atoms with Crippen LogP contribution in [0.15, 0.2) is 42.5 Å². The van der Waals surface area contributed by atoms with Crippen molar-refractivity contribution in [1.29, 1.82) is 0 Å². The fourth-order valence-electron chi connectivity index (χ4n) is 2.78. The maximum Gasteiger partial charge on any atom is 0.243 e. The number of hydrogen-bond donors (Lipinski definition) is 1. The standard InChI is InChI=1S/C20H25ClN2O4S/c1-14-9-10-15(2)18(13-14)23(28(4,25)26)16(3)20(24)22-11-12-27-19-8-6-5-7-17(19)21/h5-10,13,16H,11-12H2,1-4H3,(H,22,24)/t16-/m1/s1. The Balaban J connectivity index is 2.06. The summed E-state index contributed by atoms with van der Waals surface area (Å²) in [6.07, 6.45) is 1.10. The Labute approximate surface area is 171 Å². The molecule has 8 heteroatoms. The van der Waals surface area contributed by atoms with Crippen LogP contribution < -0.4 is 14.4 Å². The van der Waals surface area contributed by atoms with Crippen LogP contribution in [0.1, 0.15) is 18.1 Å². The number of carbonyl (C=O) groups is 1. The molecular weight excluding hydrogens is 400 g/mol. The normalized spacial score (nSPS) is 12.3. The van der Waals surface area contributed by atoms with E-state index in [1.54, 1.807) is 37.3 Å². The maximum atomic E-state index is 12.6. The molecule has 6 nitrogen and oxygen atoms in total. The van der Waals surface area contributed by atoms with Crippen molar-refractivity contribution in [2.45, 2.75) is 26.8 Å². The first-order chi connectivity index (χ1) is 13.1. The molecule has 0 aliphatic heterocycles. The third-order valence-corrected chi connectivity index (χ3v) is 5.73. The van der Waals surface area contributed by atoms with E-state index in [2.05, 4.69) is 5.32 Å². The number of nitrogens with zero attached hydrogens (tertiary/aromatic N) is 1. The third-order valence-electron chi connectivity index (χ3n) is 4.19. The second-order valence-electron chi connectivity index (χ2n) is 6.59. The lowest BCUT2D eigenvalue weighted by Crippen LogP contribution is -2.48. The lowest BCUT2D eigenvalue weighted by atomic mass is 10.1. The Bertz CT molecular complexity index is 947. The molecule has 0 heterocycles. The van der Waals surface area contributed by atoms with Gasteiger partial charge in [0.1, 0.15) is 18.4 Å². The summed E-state index contributed by atoms with van der Waals surface area (Å²) in [5.74, 6) is 0.119. The number of carbonyl (C=O) groups excluding carboxylic acids is 1. The van der Waals surface area contributed by atoms with Crippen molar-refractivity contribution in [1.82, 2.24) is 5.32 Å². The highest BCUT2D eigenvalue weighted by molar-refractivity contribution is 7.92. The molecule has 0 aliphatic carbocycles. The fourth-order valence-corrected chi connectivity index (χ4v) is 4.20. The molecule has 2 rings (SSSR count). The number of sulfonamides is 1. The van der Waals surface area contributed by atoms with Gasteiger partial charge in [0.25, 0.3) is 0 Å². The molecule has 0 unspecified atom stereocenters. The number of rotatable bonds is 8. The number of nitrogens with one attached hydrogen (secondary N) is 1. The topological polar surface area (TPSA) is 75.7 Å². The van der Waals surface area contributed by atoms with Gasteiger partial charge < -0.3 is 10.1 Å². The lowest BCUT2D eigenvalue weighted by Gasteiger charge is -2.29. The summed E-state index contributed by atoms with van der Waals surface area (Å²) < 4.78 is 31.5. The summed E-state index contributed by atoms with van der Waals surface area (Å²) in [5.41, 5.74) is 2.19. The van der Waals surface area contributed by atoms with Crippen molar-refractivity contribution in [3.63, 3.8) is 0 Å². The summed E-state index contributed by atoms with van der Waals surface area (Å²) in [5, 5.41) is 3.20. The van der Waals surface area contributed by atoms with Crippen LogP contribution in [0.3, 0.4) is 0 Å². The van der Waals surface area contributed by atoms with Gasteiger partial charge in [-0.05, 0) is 50.1 Å². The number of para-hydroxylation sites is 1. The van der Waals surface area contributed by atoms with E-state index in [-0.39, 0.29) is 13.2 Å². The second kappa shape index (κ2) is 9.30. The van der Waals surface area contributed by atoms with Crippen molar-refractivity contribution < 1.29 is 17.9 Å². The highest BCUT2D eigenvalue weighted by atomic mass is 35.5. The van der Waals surface area contributed by atoms with Crippen molar-refractivity contribution in [2.75, 3.05) is 23.7 Å². The van der Waals surface area contributed by atoms with E-state index in [1.165, 1.54) is 0 Å². The molecule has 2 aromatic rings. The van der Waals surface area contributed by atoms with Crippen LogP contribution in [0.4, 0.5) is 5.69 Å². The first-order valence-corrected chi connectivity index (χ1v) is 11.1. The van der Waals surface area contributed by atoms with Crippen molar-refractivity contribution in [3.05, 3.63) is 58.6 Å². The van der Waals surface area contributed by atoms with Gasteiger partial charge in [-0.2, -0.15) is 0 Å². The second-order valence-corrected chi connectivity index (χ2v) is 8.86. The van der Waals surface area contributed by atoms with E-state index < -0.39 is 22.0 Å². The van der Waals surface area contributed by atoms with Gasteiger partial charge in [-0.15, -0.1) is 0 Å². The van der Waals surface area contributed by atoms with E-state index in [9.17, 15) is 13.2 Å². The van der Waals surface area contributed by atoms with Crippen molar-refractivity contribution in [2.24, 2.45) is 0 Å². The molecule has 0 spiro atoms. The van der Waals surface area contributed by atoms with Gasteiger partial charge in [-0.3, -0.25) is 9.10 Å². The van der Waals surface area contributed by atoms with Gasteiger partial charge in [0.05, 0.1) is 23.5 Å². The van der Waals surface area contributed by atoms with Crippen LogP contribution in [-0.4, -0.2) is 39.8 Å². The average Bonchev–Trinajstić information content (AvgIpc) is 2.61. The Kier molecular flexibility index (Phi) is 7.32. The molecule has 1 N–H and O–H groups in total. The van der Waals surface area contributed by atoms with Crippen LogP contribution in [-0.2, 0) is 14.8 Å². The minimum absolute atomic E-state index is 0.213. The molecule has 1 atom stereocenters. The zero-order valence-electron chi connectivity index (χ0n) is 16.4. The summed E-state index contributed by atoms with van der Waals surface area (Å²) in [7, 11) is -3.66. The quantitative estimate of drug-likeness (QED) is 0.659. The zero-order chi connectivity index (χ0) is 20.9. The summed E-state index contributed by atoms with van der Waals surface area (Å²) >= 11 is 6.02. The van der Waals surface area contributed by atoms with Gasteiger partial charge in [-0.1, -0.05) is 35.9 Å². The molecule has 0 saturated heterocycles. The molecule has 28 heavy (non-hydrogen) atoms. The summed E-state index contributed by atoms with van der Waals surface area (Å²) in [4.78, 5) is 12.6. The summed E-state index contributed by atoms with van der Waals surface area (Å²) in [6, 6.07) is 11.6. The Morgan fingerprint density at radius 3 is 2.54 bits per heavy atom. The predicted molar refractivity (Wildman–Crippen MR) is 113 cm³/mol. The molecule has 0 aromatic heterocycles. The molecule has 2 aromatic carbocycles. The van der Waals surface area contributed by atoms with Gasteiger partial charge in [0.15, 0.2) is 0 Å². The van der Waals surface area contributed by atoms with Crippen LogP contribution >= 0.6 is 11.6 Å². The predicted octanol–water partition coefficient (Wildman–Crippen LogP) is 3.31. The number of ether oxygens (including phenoxy) is 1. The van der Waals surface area contributed by atoms with Crippen LogP contribution in [0.5, 0.6) is 5.75 Å². The largest absolute Gasteiger partial charge is 0.490 e. The van der Waals surface area contributed by atoms with Crippen LogP contribution in [0, 0.1) is 13.8 Å². The minimum atomic E-state index is -3.66. The molecular formula is C20H25ClN2O4S. The van der Waals surface area contributed by atoms with Crippen molar-refractivity contribution >= 4 is 33.2 Å². The molecule has 152 valence electrons. The first-order valence-electron chi connectivity index (χ1n) is 8.83. The van der Waals surface area contributed by atoms with E-state index >= 15 is 0 Å². The summed E-state index contributed by atoms with van der Waals surface area (Å²) in [6.45, 7) is 5.69. The Morgan fingerprint density at radius 1 is 1.21 bits per heavy atom. The van der Waals surface area contributed by atoms with Crippen molar-refractivity contribution in [3.8, 4) is 5.75 Å². The lowest BCUT2D eigenvalue weighted by molar-refractivity contribution is -0.121.